The average molecular weight is 630 g/mol. The van der Waals surface area contributed by atoms with Gasteiger partial charge in [0.05, 0.1) is 39.8 Å². The van der Waals surface area contributed by atoms with Crippen molar-refractivity contribution in [2.45, 2.75) is 13.2 Å². The molecule has 1 N–H and O–H groups in total. The summed E-state index contributed by atoms with van der Waals surface area (Å²) >= 11 is 7.78. The second kappa shape index (κ2) is 13.4. The number of rotatable bonds is 10. The van der Waals surface area contributed by atoms with Gasteiger partial charge < -0.3 is 14.6 Å². The predicted octanol–water partition coefficient (Wildman–Crippen LogP) is 7.34. The summed E-state index contributed by atoms with van der Waals surface area (Å²) in [4.78, 5) is 42.2. The topological polar surface area (TPSA) is 132 Å². The van der Waals surface area contributed by atoms with E-state index >= 15 is 0 Å². The molecule has 0 atom stereocenters. The molecule has 0 spiro atoms. The lowest BCUT2D eigenvalue weighted by molar-refractivity contribution is -0.384. The van der Waals surface area contributed by atoms with E-state index in [1.165, 1.54) is 48.0 Å². The number of amides is 1. The van der Waals surface area contributed by atoms with Crippen LogP contribution in [-0.4, -0.2) is 39.1 Å². The van der Waals surface area contributed by atoms with E-state index in [9.17, 15) is 24.8 Å². The van der Waals surface area contributed by atoms with Crippen LogP contribution in [0.15, 0.2) is 101 Å². The Labute approximate surface area is 261 Å². The number of non-ortho nitro benzene ring substituents is 1. The summed E-state index contributed by atoms with van der Waals surface area (Å²) in [7, 11) is 1.46. The number of carbonyl (C=O) groups excluding carboxylic acids is 1. The first-order chi connectivity index (χ1) is 21.2. The molecule has 4 aromatic carbocycles. The first kappa shape index (κ1) is 30.3. The van der Waals surface area contributed by atoms with E-state index in [0.29, 0.717) is 32.6 Å². The van der Waals surface area contributed by atoms with Crippen molar-refractivity contribution in [3.8, 4) is 11.5 Å². The van der Waals surface area contributed by atoms with E-state index in [4.69, 9.17) is 26.1 Å². The molecular formula is C32H24ClN3O7S. The lowest BCUT2D eigenvalue weighted by Crippen LogP contribution is -2.28. The molecule has 1 heterocycles. The van der Waals surface area contributed by atoms with Gasteiger partial charge in [-0.25, -0.2) is 9.79 Å². The third kappa shape index (κ3) is 7.08. The molecule has 10 nitrogen and oxygen atoms in total. The maximum atomic E-state index is 13.7. The molecule has 1 aliphatic rings. The van der Waals surface area contributed by atoms with Gasteiger partial charge in [0.1, 0.15) is 6.61 Å². The minimum Gasteiger partial charge on any atom is -0.493 e. The number of carboxylic acid groups (broad SMARTS) is 1. The van der Waals surface area contributed by atoms with Gasteiger partial charge in [-0.2, -0.15) is 0 Å². The fourth-order valence-electron chi connectivity index (χ4n) is 4.31. The number of ether oxygens (including phenoxy) is 2. The lowest BCUT2D eigenvalue weighted by atomic mass is 10.1. The van der Waals surface area contributed by atoms with Crippen molar-refractivity contribution >= 4 is 57.9 Å². The molecule has 1 amide bonds. The minimum absolute atomic E-state index is 0.0221. The number of carbonyl (C=O) groups is 2. The number of halogens is 1. The molecule has 222 valence electrons. The molecule has 0 unspecified atom stereocenters. The van der Waals surface area contributed by atoms with Crippen LogP contribution < -0.4 is 9.47 Å². The summed E-state index contributed by atoms with van der Waals surface area (Å²) in [6.45, 7) is 0.206. The minimum atomic E-state index is -1.03. The van der Waals surface area contributed by atoms with Crippen LogP contribution in [0.25, 0.3) is 6.08 Å². The Bertz CT molecular complexity index is 1790. The van der Waals surface area contributed by atoms with Crippen molar-refractivity contribution in [2.75, 3.05) is 7.11 Å². The largest absolute Gasteiger partial charge is 0.493 e. The summed E-state index contributed by atoms with van der Waals surface area (Å²) in [5.41, 5.74) is 2.67. The standard InChI is InChI=1S/C32H24ClN3O7S/c1-42-27-16-22(15-26(33)29(27)43-19-21-6-5-9-25(14-21)36(40)41)17-28-30(37)35(18-20-10-12-23(13-11-20)31(38)39)32(44-28)34-24-7-3-2-4-8-24/h2-17H,18-19H2,1H3,(H,38,39)/b28-17-,34-32?. The summed E-state index contributed by atoms with van der Waals surface area (Å²) in [6.07, 6.45) is 1.68. The number of methoxy groups -OCH3 is 1. The Morgan fingerprint density at radius 1 is 1.05 bits per heavy atom. The Morgan fingerprint density at radius 2 is 1.80 bits per heavy atom. The second-order valence-corrected chi connectivity index (χ2v) is 10.9. The van der Waals surface area contributed by atoms with E-state index < -0.39 is 10.9 Å². The molecule has 1 saturated heterocycles. The Hall–Kier alpha value is -5.13. The zero-order valence-corrected chi connectivity index (χ0v) is 24.7. The van der Waals surface area contributed by atoms with Crippen LogP contribution in [0, 0.1) is 10.1 Å². The quantitative estimate of drug-likeness (QED) is 0.109. The number of benzene rings is 4. The van der Waals surface area contributed by atoms with Crippen molar-refractivity contribution in [3.05, 3.63) is 133 Å². The molecule has 4 aromatic rings. The summed E-state index contributed by atoms with van der Waals surface area (Å²) in [5.74, 6) is -0.742. The molecule has 5 rings (SSSR count). The molecule has 1 fully saturated rings. The van der Waals surface area contributed by atoms with E-state index in [0.717, 1.165) is 5.56 Å². The summed E-state index contributed by atoms with van der Waals surface area (Å²) in [5, 5.41) is 21.0. The normalized spacial score (nSPS) is 14.7. The molecule has 0 saturated carbocycles. The van der Waals surface area contributed by atoms with Gasteiger partial charge in [-0.1, -0.05) is 54.1 Å². The Kier molecular flexibility index (Phi) is 9.27. The van der Waals surface area contributed by atoms with Gasteiger partial charge >= 0.3 is 5.97 Å². The van der Waals surface area contributed by atoms with Crippen molar-refractivity contribution in [3.63, 3.8) is 0 Å². The number of amidine groups is 1. The highest BCUT2D eigenvalue weighted by atomic mass is 35.5. The van der Waals surface area contributed by atoms with Crippen LogP contribution in [0.2, 0.25) is 5.02 Å². The second-order valence-electron chi connectivity index (χ2n) is 9.48. The van der Waals surface area contributed by atoms with Gasteiger partial charge in [-0.05, 0) is 70.9 Å². The van der Waals surface area contributed by atoms with Crippen LogP contribution in [0.1, 0.15) is 27.0 Å². The maximum absolute atomic E-state index is 13.7. The first-order valence-corrected chi connectivity index (χ1v) is 14.3. The third-order valence-electron chi connectivity index (χ3n) is 6.46. The number of aromatic carboxylic acids is 1. The number of aliphatic imine (C=N–C) groups is 1. The SMILES string of the molecule is COc1cc(/C=C2\SC(=Nc3ccccc3)N(Cc3ccc(C(=O)O)cc3)C2=O)cc(Cl)c1OCc1cccc([N+](=O)[O-])c1. The zero-order chi connectivity index (χ0) is 31.2. The van der Waals surface area contributed by atoms with Crippen LogP contribution in [0.4, 0.5) is 11.4 Å². The number of para-hydroxylation sites is 1. The third-order valence-corrected chi connectivity index (χ3v) is 7.75. The first-order valence-electron chi connectivity index (χ1n) is 13.1. The highest BCUT2D eigenvalue weighted by molar-refractivity contribution is 8.18. The van der Waals surface area contributed by atoms with E-state index in [-0.39, 0.29) is 41.1 Å². The number of nitrogens with zero attached hydrogens (tertiary/aromatic N) is 3. The number of nitro groups is 1. The van der Waals surface area contributed by atoms with Gasteiger partial charge in [0.15, 0.2) is 16.7 Å². The van der Waals surface area contributed by atoms with Crippen LogP contribution >= 0.6 is 23.4 Å². The lowest BCUT2D eigenvalue weighted by Gasteiger charge is -2.16. The molecule has 1 aliphatic heterocycles. The Morgan fingerprint density at radius 3 is 2.48 bits per heavy atom. The maximum Gasteiger partial charge on any atom is 0.335 e. The summed E-state index contributed by atoms with van der Waals surface area (Å²) < 4.78 is 11.4. The highest BCUT2D eigenvalue weighted by Gasteiger charge is 2.33. The highest BCUT2D eigenvalue weighted by Crippen LogP contribution is 2.40. The number of hydrogen-bond acceptors (Lipinski definition) is 8. The van der Waals surface area contributed by atoms with Crippen molar-refractivity contribution in [1.29, 1.82) is 0 Å². The van der Waals surface area contributed by atoms with E-state index in [1.807, 2.05) is 30.3 Å². The van der Waals surface area contributed by atoms with Crippen LogP contribution in [0.5, 0.6) is 11.5 Å². The number of hydrogen-bond donors (Lipinski definition) is 1. The van der Waals surface area contributed by atoms with Gasteiger partial charge in [-0.15, -0.1) is 0 Å². The van der Waals surface area contributed by atoms with Crippen LogP contribution in [0.3, 0.4) is 0 Å². The van der Waals surface area contributed by atoms with Gasteiger partial charge in [-0.3, -0.25) is 19.8 Å². The smallest absolute Gasteiger partial charge is 0.335 e. The summed E-state index contributed by atoms with van der Waals surface area (Å²) in [6, 6.07) is 25.0. The Balaban J connectivity index is 1.42. The van der Waals surface area contributed by atoms with Gasteiger partial charge in [0, 0.05) is 12.1 Å². The van der Waals surface area contributed by atoms with Crippen molar-refractivity contribution in [1.82, 2.24) is 4.90 Å². The molecule has 0 radical (unpaired) electrons. The molecule has 44 heavy (non-hydrogen) atoms. The predicted molar refractivity (Wildman–Crippen MR) is 168 cm³/mol. The molecule has 0 bridgehead atoms. The van der Waals surface area contributed by atoms with Crippen molar-refractivity contribution in [2.24, 2.45) is 4.99 Å². The zero-order valence-electron chi connectivity index (χ0n) is 23.2. The fraction of sp³-hybridized carbons (Fsp3) is 0.0938. The molecule has 12 heteroatoms. The van der Waals surface area contributed by atoms with Gasteiger partial charge in [0.25, 0.3) is 11.6 Å². The average Bonchev–Trinajstić information content (AvgIpc) is 3.29. The van der Waals surface area contributed by atoms with Crippen molar-refractivity contribution < 1.29 is 29.1 Å². The van der Waals surface area contributed by atoms with E-state index in [2.05, 4.69) is 0 Å². The van der Waals surface area contributed by atoms with E-state index in [1.54, 1.807) is 42.5 Å². The molecule has 0 aliphatic carbocycles. The monoisotopic (exact) mass is 629 g/mol. The number of thioether (sulfide) groups is 1. The van der Waals surface area contributed by atoms with Crippen LogP contribution in [-0.2, 0) is 17.9 Å². The number of nitro benzene ring substituents is 1. The fourth-order valence-corrected chi connectivity index (χ4v) is 5.58. The number of carboxylic acids is 1. The molecule has 0 aromatic heterocycles. The van der Waals surface area contributed by atoms with Gasteiger partial charge in [0.2, 0.25) is 0 Å². The molecular weight excluding hydrogens is 606 g/mol.